The summed E-state index contributed by atoms with van der Waals surface area (Å²) in [6.45, 7) is 12.9. The zero-order valence-corrected chi connectivity index (χ0v) is 22.5. The molecule has 37 heavy (non-hydrogen) atoms. The molecule has 0 fully saturated rings. The summed E-state index contributed by atoms with van der Waals surface area (Å²) in [4.78, 5) is 36.9. The highest BCUT2D eigenvalue weighted by atomic mass is 16.5. The molecule has 0 aliphatic heterocycles. The molecule has 2 N–H and O–H groups in total. The highest BCUT2D eigenvalue weighted by Gasteiger charge is 2.23. The first kappa shape index (κ1) is 29.7. The van der Waals surface area contributed by atoms with Crippen LogP contribution in [0, 0.1) is 17.3 Å². The van der Waals surface area contributed by atoms with Gasteiger partial charge in [-0.3, -0.25) is 9.59 Å². The molecule has 1 heterocycles. The fourth-order valence-electron chi connectivity index (χ4n) is 3.56. The lowest BCUT2D eigenvalue weighted by atomic mass is 9.86. The van der Waals surface area contributed by atoms with Crippen LogP contribution in [-0.4, -0.2) is 44.2 Å². The second kappa shape index (κ2) is 13.7. The molecule has 0 bridgehead atoms. The topological polar surface area (TPSA) is 107 Å². The summed E-state index contributed by atoms with van der Waals surface area (Å²) in [5.74, 6) is 5.51. The van der Waals surface area contributed by atoms with E-state index in [0.29, 0.717) is 55.7 Å². The molecule has 1 aromatic heterocycles. The van der Waals surface area contributed by atoms with Crippen LogP contribution in [0.25, 0.3) is 11.0 Å². The van der Waals surface area contributed by atoms with Gasteiger partial charge in [0.05, 0.1) is 19.3 Å². The van der Waals surface area contributed by atoms with Gasteiger partial charge < -0.3 is 24.5 Å². The van der Waals surface area contributed by atoms with Gasteiger partial charge in [0.1, 0.15) is 16.9 Å². The quantitative estimate of drug-likeness (QED) is 0.309. The number of benzene rings is 1. The van der Waals surface area contributed by atoms with Gasteiger partial charge in [-0.15, -0.1) is 0 Å². The van der Waals surface area contributed by atoms with E-state index in [2.05, 4.69) is 42.9 Å². The monoisotopic (exact) mass is 510 g/mol. The molecule has 2 amide bonds. The minimum Gasteiger partial charge on any atom is -0.497 e. The maximum Gasteiger partial charge on any atom is 0.349 e. The second-order valence-corrected chi connectivity index (χ2v) is 10.2. The van der Waals surface area contributed by atoms with E-state index in [-0.39, 0.29) is 16.9 Å². The molecular weight excluding hydrogens is 472 g/mol. The normalized spacial score (nSPS) is 11.4. The Bertz CT molecular complexity index is 1220. The summed E-state index contributed by atoms with van der Waals surface area (Å²) < 4.78 is 16.5. The third-order valence-corrected chi connectivity index (χ3v) is 6.08. The lowest BCUT2D eigenvalue weighted by Crippen LogP contribution is -2.33. The Kier molecular flexibility index (Phi) is 10.9. The van der Waals surface area contributed by atoms with Crippen molar-refractivity contribution in [3.8, 4) is 17.6 Å². The minimum absolute atomic E-state index is 0.0302. The van der Waals surface area contributed by atoms with E-state index in [9.17, 15) is 14.4 Å². The van der Waals surface area contributed by atoms with Gasteiger partial charge in [0.15, 0.2) is 0 Å². The van der Waals surface area contributed by atoms with Crippen molar-refractivity contribution in [1.82, 2.24) is 10.6 Å². The van der Waals surface area contributed by atoms with Gasteiger partial charge in [-0.1, -0.05) is 32.3 Å². The number of ether oxygens (including phenoxy) is 2. The molecule has 0 saturated carbocycles. The van der Waals surface area contributed by atoms with Crippen LogP contribution in [0.1, 0.15) is 63.7 Å². The zero-order valence-electron chi connectivity index (χ0n) is 22.5. The van der Waals surface area contributed by atoms with Crippen LogP contribution in [0.5, 0.6) is 5.75 Å². The van der Waals surface area contributed by atoms with E-state index >= 15 is 0 Å². The fourth-order valence-corrected chi connectivity index (χ4v) is 3.56. The Hall–Kier alpha value is -3.57. The lowest BCUT2D eigenvalue weighted by molar-refractivity contribution is -0.122. The van der Waals surface area contributed by atoms with Crippen molar-refractivity contribution in [3.63, 3.8) is 0 Å². The molecule has 0 aliphatic carbocycles. The number of hydrogen-bond acceptors (Lipinski definition) is 6. The van der Waals surface area contributed by atoms with Gasteiger partial charge in [0, 0.05) is 31.0 Å². The van der Waals surface area contributed by atoms with Crippen LogP contribution in [-0.2, 0) is 9.53 Å². The maximum absolute atomic E-state index is 12.6. The van der Waals surface area contributed by atoms with Gasteiger partial charge in [0.2, 0.25) is 5.91 Å². The number of hydrogen-bond donors (Lipinski definition) is 2. The Morgan fingerprint density at radius 3 is 2.57 bits per heavy atom. The van der Waals surface area contributed by atoms with Crippen LogP contribution in [0.2, 0.25) is 0 Å². The molecule has 0 aliphatic rings. The van der Waals surface area contributed by atoms with Crippen molar-refractivity contribution in [2.75, 3.05) is 26.8 Å². The standard InChI is InChI=1S/C29H38N2O6/c1-7-8-9-16-30-25(32)12-13-29(4,5)36-18-15-28(2,3)14-17-31-26(33)23-19-21-10-11-22(35-6)20-24(21)37-27(23)34/h7,10-11,19-20H,1,12-18H2,2-6H3,(H,30,32)(H,31,33). The Morgan fingerprint density at radius 2 is 1.86 bits per heavy atom. The Labute approximate surface area is 218 Å². The largest absolute Gasteiger partial charge is 0.497 e. The van der Waals surface area contributed by atoms with E-state index in [1.165, 1.54) is 19.3 Å². The first-order chi connectivity index (χ1) is 17.5. The average Bonchev–Trinajstić information content (AvgIpc) is 2.84. The van der Waals surface area contributed by atoms with E-state index in [1.54, 1.807) is 18.2 Å². The summed E-state index contributed by atoms with van der Waals surface area (Å²) in [7, 11) is 1.53. The average molecular weight is 511 g/mol. The molecule has 2 aromatic rings. The van der Waals surface area contributed by atoms with Crippen molar-refractivity contribution in [2.45, 2.75) is 59.0 Å². The summed E-state index contributed by atoms with van der Waals surface area (Å²) in [5.41, 5.74) is -0.898. The number of fused-ring (bicyclic) bond motifs is 1. The second-order valence-electron chi connectivity index (χ2n) is 10.2. The van der Waals surface area contributed by atoms with E-state index in [0.717, 1.165) is 6.42 Å². The van der Waals surface area contributed by atoms with Crippen molar-refractivity contribution in [2.24, 2.45) is 5.41 Å². The van der Waals surface area contributed by atoms with Crippen molar-refractivity contribution < 1.29 is 23.5 Å². The van der Waals surface area contributed by atoms with Crippen molar-refractivity contribution in [1.29, 1.82) is 0 Å². The summed E-state index contributed by atoms with van der Waals surface area (Å²) >= 11 is 0. The van der Waals surface area contributed by atoms with Crippen molar-refractivity contribution >= 4 is 22.8 Å². The molecule has 8 heteroatoms. The number of carbonyl (C=O) groups is 2. The number of nitrogens with one attached hydrogen (secondary N) is 2. The fraction of sp³-hybridized carbons (Fsp3) is 0.483. The van der Waals surface area contributed by atoms with Gasteiger partial charge in [-0.2, -0.15) is 0 Å². The smallest absolute Gasteiger partial charge is 0.349 e. The van der Waals surface area contributed by atoms with Crippen LogP contribution in [0.4, 0.5) is 0 Å². The summed E-state index contributed by atoms with van der Waals surface area (Å²) in [5, 5.41) is 6.22. The molecular formula is C29H38N2O6. The molecule has 0 saturated heterocycles. The Morgan fingerprint density at radius 1 is 1.11 bits per heavy atom. The predicted molar refractivity (Wildman–Crippen MR) is 145 cm³/mol. The Balaban J connectivity index is 1.77. The number of allylic oxidation sites excluding steroid dienone is 1. The highest BCUT2D eigenvalue weighted by Crippen LogP contribution is 2.26. The molecule has 0 unspecified atom stereocenters. The summed E-state index contributed by atoms with van der Waals surface area (Å²) in [6, 6.07) is 6.63. The summed E-state index contributed by atoms with van der Waals surface area (Å²) in [6.07, 6.45) is 3.90. The third-order valence-electron chi connectivity index (χ3n) is 6.08. The first-order valence-corrected chi connectivity index (χ1v) is 12.4. The van der Waals surface area contributed by atoms with Crippen LogP contribution in [0.3, 0.4) is 0 Å². The molecule has 0 spiro atoms. The molecule has 200 valence electrons. The van der Waals surface area contributed by atoms with Gasteiger partial charge in [-0.05, 0) is 62.8 Å². The SMILES string of the molecule is C=CC#CCNC(=O)CCC(C)(C)OCCC(C)(C)CCNC(=O)c1cc2ccc(OC)cc2oc1=O. The number of amides is 2. The zero-order chi connectivity index (χ0) is 27.5. The highest BCUT2D eigenvalue weighted by molar-refractivity contribution is 5.96. The maximum atomic E-state index is 12.6. The van der Waals surface area contributed by atoms with Crippen LogP contribution in [0.15, 0.2) is 46.1 Å². The van der Waals surface area contributed by atoms with Gasteiger partial charge in [0.25, 0.3) is 5.91 Å². The van der Waals surface area contributed by atoms with Crippen molar-refractivity contribution in [3.05, 3.63) is 52.9 Å². The molecule has 8 nitrogen and oxygen atoms in total. The number of methoxy groups -OCH3 is 1. The van der Waals surface area contributed by atoms with Crippen LogP contribution >= 0.6 is 0 Å². The number of rotatable bonds is 13. The third kappa shape index (κ3) is 10.1. The molecule has 1 aromatic carbocycles. The van der Waals surface area contributed by atoms with E-state index in [1.807, 2.05) is 13.8 Å². The molecule has 2 rings (SSSR count). The van der Waals surface area contributed by atoms with Crippen LogP contribution < -0.4 is 21.0 Å². The number of carbonyl (C=O) groups excluding carboxylic acids is 2. The predicted octanol–water partition coefficient (Wildman–Crippen LogP) is 4.22. The van der Waals surface area contributed by atoms with E-state index < -0.39 is 17.1 Å². The van der Waals surface area contributed by atoms with E-state index in [4.69, 9.17) is 13.9 Å². The minimum atomic E-state index is -0.688. The molecule has 0 radical (unpaired) electrons. The lowest BCUT2D eigenvalue weighted by Gasteiger charge is -2.29. The van der Waals surface area contributed by atoms with Gasteiger partial charge in [-0.25, -0.2) is 4.79 Å². The molecule has 0 atom stereocenters. The first-order valence-electron chi connectivity index (χ1n) is 12.4. The van der Waals surface area contributed by atoms with Gasteiger partial charge >= 0.3 is 5.63 Å².